The van der Waals surface area contributed by atoms with Gasteiger partial charge in [0.1, 0.15) is 5.82 Å². The second kappa shape index (κ2) is 6.65. The highest BCUT2D eigenvalue weighted by Crippen LogP contribution is 2.14. The molecule has 2 N–H and O–H groups in total. The Kier molecular flexibility index (Phi) is 4.90. The smallest absolute Gasteiger partial charge is 0.258 e. The Balaban J connectivity index is 2.09. The van der Waals surface area contributed by atoms with Crippen molar-refractivity contribution in [2.75, 3.05) is 20.3 Å². The van der Waals surface area contributed by atoms with Gasteiger partial charge in [-0.15, -0.1) is 0 Å². The first-order chi connectivity index (χ1) is 9.20. The number of nitrogens with one attached hydrogen (secondary N) is 2. The van der Waals surface area contributed by atoms with Crippen LogP contribution in [0.5, 0.6) is 0 Å². The van der Waals surface area contributed by atoms with Crippen LogP contribution >= 0.6 is 11.6 Å². The number of aromatic nitrogens is 2. The first-order valence-corrected chi connectivity index (χ1v) is 6.46. The molecule has 0 saturated carbocycles. The van der Waals surface area contributed by atoms with Gasteiger partial charge in [-0.3, -0.25) is 4.79 Å². The molecule has 2 aromatic rings. The van der Waals surface area contributed by atoms with Crippen molar-refractivity contribution in [1.29, 1.82) is 0 Å². The van der Waals surface area contributed by atoms with E-state index >= 15 is 0 Å². The van der Waals surface area contributed by atoms with Gasteiger partial charge in [0, 0.05) is 18.7 Å². The Morgan fingerprint density at radius 2 is 2.32 bits per heavy atom. The van der Waals surface area contributed by atoms with Crippen molar-refractivity contribution in [3.05, 3.63) is 39.4 Å². The molecule has 0 amide bonds. The average Bonchev–Trinajstić information content (AvgIpc) is 2.38. The molecular formula is C13H16ClN3O2. The number of halogens is 1. The number of methoxy groups -OCH3 is 1. The highest BCUT2D eigenvalue weighted by molar-refractivity contribution is 6.31. The minimum Gasteiger partial charge on any atom is -0.385 e. The number of benzene rings is 1. The van der Waals surface area contributed by atoms with E-state index in [1.807, 2.05) is 0 Å². The van der Waals surface area contributed by atoms with Crippen molar-refractivity contribution in [3.63, 3.8) is 0 Å². The van der Waals surface area contributed by atoms with Crippen LogP contribution in [-0.4, -0.2) is 30.2 Å². The lowest BCUT2D eigenvalue weighted by Crippen LogP contribution is -2.21. The van der Waals surface area contributed by atoms with Crippen molar-refractivity contribution in [2.45, 2.75) is 13.0 Å². The maximum atomic E-state index is 11.9. The van der Waals surface area contributed by atoms with Crippen LogP contribution in [0, 0.1) is 0 Å². The SMILES string of the molecule is COCCCNCc1nc2cc(Cl)ccc2c(=O)[nH]1. The summed E-state index contributed by atoms with van der Waals surface area (Å²) < 4.78 is 4.96. The molecule has 102 valence electrons. The molecule has 0 radical (unpaired) electrons. The molecule has 0 aliphatic carbocycles. The lowest BCUT2D eigenvalue weighted by molar-refractivity contribution is 0.194. The fraction of sp³-hybridized carbons (Fsp3) is 0.385. The van der Waals surface area contributed by atoms with E-state index in [9.17, 15) is 4.79 Å². The summed E-state index contributed by atoms with van der Waals surface area (Å²) in [6.45, 7) is 2.04. The molecule has 1 aromatic heterocycles. The number of nitrogens with zero attached hydrogens (tertiary/aromatic N) is 1. The Bertz CT molecular complexity index is 612. The summed E-state index contributed by atoms with van der Waals surface area (Å²) in [4.78, 5) is 19.0. The number of hydrogen-bond acceptors (Lipinski definition) is 4. The first kappa shape index (κ1) is 14.0. The summed E-state index contributed by atoms with van der Waals surface area (Å²) in [5.41, 5.74) is 0.472. The molecule has 0 aliphatic heterocycles. The summed E-state index contributed by atoms with van der Waals surface area (Å²) >= 11 is 5.90. The number of rotatable bonds is 6. The average molecular weight is 282 g/mol. The molecule has 19 heavy (non-hydrogen) atoms. The largest absolute Gasteiger partial charge is 0.385 e. The van der Waals surface area contributed by atoms with E-state index in [1.54, 1.807) is 25.3 Å². The van der Waals surface area contributed by atoms with Gasteiger partial charge in [-0.2, -0.15) is 0 Å². The van der Waals surface area contributed by atoms with Gasteiger partial charge < -0.3 is 15.0 Å². The monoisotopic (exact) mass is 281 g/mol. The maximum Gasteiger partial charge on any atom is 0.258 e. The van der Waals surface area contributed by atoms with Gasteiger partial charge in [0.05, 0.1) is 17.4 Å². The third kappa shape index (κ3) is 3.76. The van der Waals surface area contributed by atoms with Gasteiger partial charge in [-0.25, -0.2) is 4.98 Å². The molecule has 0 aliphatic rings. The topological polar surface area (TPSA) is 67.0 Å². The van der Waals surface area contributed by atoms with Gasteiger partial charge in [-0.05, 0) is 31.2 Å². The summed E-state index contributed by atoms with van der Waals surface area (Å²) in [7, 11) is 1.67. The van der Waals surface area contributed by atoms with Crippen LogP contribution in [0.3, 0.4) is 0 Å². The fourth-order valence-corrected chi connectivity index (χ4v) is 1.96. The second-order valence-electron chi connectivity index (χ2n) is 4.20. The van der Waals surface area contributed by atoms with E-state index in [1.165, 1.54) is 0 Å². The second-order valence-corrected chi connectivity index (χ2v) is 4.63. The van der Waals surface area contributed by atoms with Crippen LogP contribution in [0.1, 0.15) is 12.2 Å². The number of ether oxygens (including phenoxy) is 1. The zero-order valence-corrected chi connectivity index (χ0v) is 11.5. The summed E-state index contributed by atoms with van der Waals surface area (Å²) in [6.07, 6.45) is 0.917. The van der Waals surface area contributed by atoms with E-state index in [4.69, 9.17) is 16.3 Å². The maximum absolute atomic E-state index is 11.9. The van der Waals surface area contributed by atoms with Crippen LogP contribution in [-0.2, 0) is 11.3 Å². The van der Waals surface area contributed by atoms with E-state index in [0.717, 1.165) is 13.0 Å². The van der Waals surface area contributed by atoms with E-state index in [0.29, 0.717) is 34.9 Å². The third-order valence-electron chi connectivity index (χ3n) is 2.71. The van der Waals surface area contributed by atoms with Crippen LogP contribution in [0.4, 0.5) is 0 Å². The molecule has 5 nitrogen and oxygen atoms in total. The molecular weight excluding hydrogens is 266 g/mol. The lowest BCUT2D eigenvalue weighted by Gasteiger charge is -2.05. The lowest BCUT2D eigenvalue weighted by atomic mass is 10.2. The Morgan fingerprint density at radius 3 is 3.11 bits per heavy atom. The molecule has 0 fully saturated rings. The van der Waals surface area contributed by atoms with Crippen LogP contribution < -0.4 is 10.9 Å². The molecule has 0 atom stereocenters. The summed E-state index contributed by atoms with van der Waals surface area (Å²) in [5, 5.41) is 4.32. The van der Waals surface area contributed by atoms with E-state index < -0.39 is 0 Å². The number of hydrogen-bond donors (Lipinski definition) is 2. The van der Waals surface area contributed by atoms with E-state index in [2.05, 4.69) is 15.3 Å². The molecule has 0 unspecified atom stereocenters. The molecule has 2 rings (SSSR count). The molecule has 0 saturated heterocycles. The zero-order valence-electron chi connectivity index (χ0n) is 10.7. The van der Waals surface area contributed by atoms with E-state index in [-0.39, 0.29) is 5.56 Å². The van der Waals surface area contributed by atoms with Crippen LogP contribution in [0.2, 0.25) is 5.02 Å². The zero-order chi connectivity index (χ0) is 13.7. The van der Waals surface area contributed by atoms with Crippen molar-refractivity contribution < 1.29 is 4.74 Å². The minimum atomic E-state index is -0.143. The molecule has 0 spiro atoms. The summed E-state index contributed by atoms with van der Waals surface area (Å²) in [5.74, 6) is 0.609. The molecule has 1 aromatic carbocycles. The number of fused-ring (bicyclic) bond motifs is 1. The standard InChI is InChI=1S/C13H16ClN3O2/c1-19-6-2-5-15-8-12-16-11-7-9(14)3-4-10(11)13(18)17-12/h3-4,7,15H,2,5-6,8H2,1H3,(H,16,17,18). The van der Waals surface area contributed by atoms with Crippen molar-refractivity contribution in [2.24, 2.45) is 0 Å². The Hall–Kier alpha value is -1.43. The predicted molar refractivity (Wildman–Crippen MR) is 75.6 cm³/mol. The van der Waals surface area contributed by atoms with Crippen molar-refractivity contribution in [1.82, 2.24) is 15.3 Å². The Labute approximate surface area is 116 Å². The normalized spacial score (nSPS) is 11.1. The highest BCUT2D eigenvalue weighted by Gasteiger charge is 2.04. The predicted octanol–water partition coefficient (Wildman–Crippen LogP) is 1.70. The quantitative estimate of drug-likeness (QED) is 0.791. The third-order valence-corrected chi connectivity index (χ3v) is 2.95. The van der Waals surface area contributed by atoms with Crippen LogP contribution in [0.25, 0.3) is 10.9 Å². The molecule has 1 heterocycles. The van der Waals surface area contributed by atoms with Gasteiger partial charge in [0.15, 0.2) is 0 Å². The highest BCUT2D eigenvalue weighted by atomic mass is 35.5. The minimum absolute atomic E-state index is 0.143. The molecule has 6 heteroatoms. The Morgan fingerprint density at radius 1 is 1.47 bits per heavy atom. The number of aromatic amines is 1. The van der Waals surface area contributed by atoms with Gasteiger partial charge in [0.25, 0.3) is 5.56 Å². The number of H-pyrrole nitrogens is 1. The molecule has 0 bridgehead atoms. The van der Waals surface area contributed by atoms with Crippen LogP contribution in [0.15, 0.2) is 23.0 Å². The van der Waals surface area contributed by atoms with Crippen molar-refractivity contribution in [3.8, 4) is 0 Å². The van der Waals surface area contributed by atoms with Gasteiger partial charge >= 0.3 is 0 Å². The van der Waals surface area contributed by atoms with Gasteiger partial charge in [-0.1, -0.05) is 11.6 Å². The van der Waals surface area contributed by atoms with Gasteiger partial charge in [0.2, 0.25) is 0 Å². The van der Waals surface area contributed by atoms with Crippen molar-refractivity contribution >= 4 is 22.5 Å². The summed E-state index contributed by atoms with van der Waals surface area (Å²) in [6, 6.07) is 5.06. The fourth-order valence-electron chi connectivity index (χ4n) is 1.79. The first-order valence-electron chi connectivity index (χ1n) is 6.09.